The predicted octanol–water partition coefficient (Wildman–Crippen LogP) is 5.75. The van der Waals surface area contributed by atoms with Crippen LogP contribution < -0.4 is 15.0 Å². The van der Waals surface area contributed by atoms with Crippen LogP contribution in [-0.2, 0) is 0 Å². The van der Waals surface area contributed by atoms with Gasteiger partial charge >= 0.3 is 0 Å². The van der Waals surface area contributed by atoms with E-state index in [0.717, 1.165) is 66.2 Å². The minimum atomic E-state index is -0.331. The maximum absolute atomic E-state index is 15.1. The second-order valence-electron chi connectivity index (χ2n) is 10.0. The van der Waals surface area contributed by atoms with Crippen molar-refractivity contribution in [3.8, 4) is 16.9 Å². The lowest BCUT2D eigenvalue weighted by Crippen LogP contribution is -2.38. The maximum Gasteiger partial charge on any atom is 0.178 e. The summed E-state index contributed by atoms with van der Waals surface area (Å²) in [4.78, 5) is 13.9. The first-order valence-corrected chi connectivity index (χ1v) is 12.5. The van der Waals surface area contributed by atoms with Crippen LogP contribution in [0, 0.1) is 12.7 Å². The zero-order valence-corrected chi connectivity index (χ0v) is 21.0. The van der Waals surface area contributed by atoms with Crippen molar-refractivity contribution < 1.29 is 9.13 Å². The van der Waals surface area contributed by atoms with Gasteiger partial charge in [0.05, 0.1) is 24.1 Å². The highest BCUT2D eigenvalue weighted by Crippen LogP contribution is 2.40. The minimum Gasteiger partial charge on any atom is -0.486 e. The van der Waals surface area contributed by atoms with Gasteiger partial charge in [-0.05, 0) is 101 Å². The third-order valence-electron chi connectivity index (χ3n) is 7.15. The number of fused-ring (bicyclic) bond motifs is 1. The summed E-state index contributed by atoms with van der Waals surface area (Å²) in [6, 6.07) is 10.0. The Labute approximate surface area is 207 Å². The molecule has 35 heavy (non-hydrogen) atoms. The zero-order valence-electron chi connectivity index (χ0n) is 21.0. The predicted molar refractivity (Wildman–Crippen MR) is 139 cm³/mol. The highest BCUT2D eigenvalue weighted by molar-refractivity contribution is 5.77. The fraction of sp³-hybridized carbons (Fsp3) is 0.429. The van der Waals surface area contributed by atoms with E-state index in [4.69, 9.17) is 9.72 Å². The van der Waals surface area contributed by atoms with Crippen molar-refractivity contribution in [3.05, 3.63) is 59.8 Å². The third kappa shape index (κ3) is 4.96. The average molecular weight is 476 g/mol. The molecule has 1 fully saturated rings. The molecule has 2 aliphatic rings. The number of hydrogen-bond donors (Lipinski definition) is 1. The molecule has 0 unspecified atom stereocenters. The van der Waals surface area contributed by atoms with Gasteiger partial charge in [-0.25, -0.2) is 9.37 Å². The summed E-state index contributed by atoms with van der Waals surface area (Å²) in [7, 11) is 2.17. The molecule has 1 aromatic carbocycles. The summed E-state index contributed by atoms with van der Waals surface area (Å²) in [5.41, 5.74) is 5.59. The molecule has 0 amide bonds. The number of piperidine rings is 1. The van der Waals surface area contributed by atoms with Crippen LogP contribution in [0.3, 0.4) is 0 Å². The van der Waals surface area contributed by atoms with Gasteiger partial charge in [-0.1, -0.05) is 0 Å². The number of nitrogens with one attached hydrogen (secondary N) is 1. The van der Waals surface area contributed by atoms with Crippen molar-refractivity contribution >= 4 is 17.2 Å². The van der Waals surface area contributed by atoms with Gasteiger partial charge in [0, 0.05) is 23.9 Å². The molecule has 2 aromatic heterocycles. The summed E-state index contributed by atoms with van der Waals surface area (Å²) >= 11 is 0. The highest BCUT2D eigenvalue weighted by atomic mass is 19.1. The Balaban J connectivity index is 1.39. The number of nitrogens with zero attached hydrogens (tertiary/aromatic N) is 4. The van der Waals surface area contributed by atoms with Crippen molar-refractivity contribution in [2.45, 2.75) is 45.6 Å². The molecule has 7 heteroatoms. The van der Waals surface area contributed by atoms with Gasteiger partial charge in [0.2, 0.25) is 0 Å². The number of rotatable bonds is 5. The van der Waals surface area contributed by atoms with Gasteiger partial charge in [-0.2, -0.15) is 0 Å². The maximum atomic E-state index is 15.1. The van der Waals surface area contributed by atoms with E-state index < -0.39 is 0 Å². The molecule has 0 radical (unpaired) electrons. The normalized spacial score (nSPS) is 16.8. The standard InChI is InChI=1S/C28H34FN5O/c1-18(2)34-11-12-35-28-24(29)13-21(14-26(28)34)23-15-27(31-16-19(23)3)32-22-5-6-25(30-17-22)20-7-9-33(4)10-8-20/h5-6,13-18,20H,7-12H2,1-4H3,(H,31,32). The molecule has 1 N–H and O–H groups in total. The van der Waals surface area contributed by atoms with Crippen LogP contribution in [0.25, 0.3) is 11.1 Å². The SMILES string of the molecule is Cc1cnc(Nc2ccc(C3CCN(C)CC3)nc2)cc1-c1cc(F)c2c(c1)N(C(C)C)CCO2. The van der Waals surface area contributed by atoms with Gasteiger partial charge in [-0.3, -0.25) is 4.98 Å². The quantitative estimate of drug-likeness (QED) is 0.507. The fourth-order valence-electron chi connectivity index (χ4n) is 5.07. The first-order chi connectivity index (χ1) is 16.9. The Morgan fingerprint density at radius 1 is 1.06 bits per heavy atom. The molecule has 0 aliphatic carbocycles. The van der Waals surface area contributed by atoms with Crippen LogP contribution >= 0.6 is 0 Å². The molecule has 5 rings (SSSR count). The number of ether oxygens (including phenoxy) is 1. The van der Waals surface area contributed by atoms with Crippen molar-refractivity contribution in [2.24, 2.45) is 0 Å². The van der Waals surface area contributed by atoms with Gasteiger partial charge < -0.3 is 19.9 Å². The van der Waals surface area contributed by atoms with Crippen LogP contribution in [0.15, 0.2) is 42.7 Å². The minimum absolute atomic E-state index is 0.257. The van der Waals surface area contributed by atoms with E-state index in [-0.39, 0.29) is 11.9 Å². The van der Waals surface area contributed by atoms with Crippen LogP contribution in [-0.4, -0.2) is 54.2 Å². The van der Waals surface area contributed by atoms with E-state index in [1.165, 1.54) is 0 Å². The zero-order chi connectivity index (χ0) is 24.5. The molecule has 184 valence electrons. The van der Waals surface area contributed by atoms with Crippen LogP contribution in [0.5, 0.6) is 5.75 Å². The third-order valence-corrected chi connectivity index (χ3v) is 7.15. The second kappa shape index (κ2) is 9.82. The first-order valence-electron chi connectivity index (χ1n) is 12.5. The number of hydrogen-bond acceptors (Lipinski definition) is 6. The Bertz CT molecular complexity index is 1190. The number of halogens is 1. The Kier molecular flexibility index (Phi) is 6.60. The van der Waals surface area contributed by atoms with E-state index in [2.05, 4.69) is 53.1 Å². The highest BCUT2D eigenvalue weighted by Gasteiger charge is 2.25. The van der Waals surface area contributed by atoms with Crippen molar-refractivity contribution in [1.29, 1.82) is 0 Å². The lowest BCUT2D eigenvalue weighted by Gasteiger charge is -2.35. The molecule has 3 aromatic rings. The number of pyridine rings is 2. The summed E-state index contributed by atoms with van der Waals surface area (Å²) < 4.78 is 20.7. The van der Waals surface area contributed by atoms with Crippen LogP contribution in [0.1, 0.15) is 43.9 Å². The van der Waals surface area contributed by atoms with Gasteiger partial charge in [0.15, 0.2) is 11.6 Å². The Morgan fingerprint density at radius 2 is 1.86 bits per heavy atom. The lowest BCUT2D eigenvalue weighted by molar-refractivity contribution is 0.253. The van der Waals surface area contributed by atoms with E-state index in [1.54, 1.807) is 6.07 Å². The number of aryl methyl sites for hydroxylation is 1. The average Bonchev–Trinajstić information content (AvgIpc) is 2.86. The monoisotopic (exact) mass is 475 g/mol. The van der Waals surface area contributed by atoms with E-state index >= 15 is 4.39 Å². The van der Waals surface area contributed by atoms with Gasteiger partial charge in [0.1, 0.15) is 12.4 Å². The largest absolute Gasteiger partial charge is 0.486 e. The van der Waals surface area contributed by atoms with E-state index in [9.17, 15) is 0 Å². The molecule has 0 spiro atoms. The topological polar surface area (TPSA) is 53.5 Å². The Hall–Kier alpha value is -3.19. The van der Waals surface area contributed by atoms with Gasteiger partial charge in [-0.15, -0.1) is 0 Å². The molecule has 0 atom stereocenters. The molecule has 6 nitrogen and oxygen atoms in total. The van der Waals surface area contributed by atoms with E-state index in [0.29, 0.717) is 24.1 Å². The summed E-state index contributed by atoms with van der Waals surface area (Å²) in [5.74, 6) is 1.24. The molecular formula is C28H34FN5O. The Morgan fingerprint density at radius 3 is 2.57 bits per heavy atom. The summed E-state index contributed by atoms with van der Waals surface area (Å²) in [6.45, 7) is 9.71. The molecule has 1 saturated heterocycles. The summed E-state index contributed by atoms with van der Waals surface area (Å²) in [6.07, 6.45) is 6.00. The molecule has 4 heterocycles. The lowest BCUT2D eigenvalue weighted by atomic mass is 9.93. The van der Waals surface area contributed by atoms with Crippen molar-refractivity contribution in [3.63, 3.8) is 0 Å². The van der Waals surface area contributed by atoms with Crippen molar-refractivity contribution in [2.75, 3.05) is 43.5 Å². The molecule has 0 bridgehead atoms. The van der Waals surface area contributed by atoms with Gasteiger partial charge in [0.25, 0.3) is 0 Å². The number of likely N-dealkylation sites (tertiary alicyclic amines) is 1. The smallest absolute Gasteiger partial charge is 0.178 e. The molecular weight excluding hydrogens is 441 g/mol. The molecule has 0 saturated carbocycles. The van der Waals surface area contributed by atoms with Crippen LogP contribution in [0.2, 0.25) is 0 Å². The van der Waals surface area contributed by atoms with E-state index in [1.807, 2.05) is 31.5 Å². The first kappa shape index (κ1) is 23.5. The number of aromatic nitrogens is 2. The number of benzene rings is 1. The van der Waals surface area contributed by atoms with Crippen molar-refractivity contribution in [1.82, 2.24) is 14.9 Å². The summed E-state index contributed by atoms with van der Waals surface area (Å²) in [5, 5.41) is 3.37. The second-order valence-corrected chi connectivity index (χ2v) is 10.0. The van der Waals surface area contributed by atoms with Crippen LogP contribution in [0.4, 0.5) is 21.6 Å². The molecule has 2 aliphatic heterocycles. The number of anilines is 3. The fourth-order valence-corrected chi connectivity index (χ4v) is 5.07.